The molecule has 2 rings (SSSR count). The SMILES string of the molecule is CC(C)C(O)CCNC(=O)c1cccc(-c2ccoc2)c1. The van der Waals surface area contributed by atoms with Crippen LogP contribution in [0.25, 0.3) is 11.1 Å². The molecule has 2 aromatic rings. The second-order valence-corrected chi connectivity index (χ2v) is 5.45. The lowest BCUT2D eigenvalue weighted by molar-refractivity contribution is 0.0920. The van der Waals surface area contributed by atoms with Crippen molar-refractivity contribution in [1.82, 2.24) is 5.32 Å². The summed E-state index contributed by atoms with van der Waals surface area (Å²) in [7, 11) is 0. The molecule has 0 saturated carbocycles. The summed E-state index contributed by atoms with van der Waals surface area (Å²) in [5.41, 5.74) is 2.49. The van der Waals surface area contributed by atoms with Gasteiger partial charge in [-0.1, -0.05) is 26.0 Å². The second kappa shape index (κ2) is 7.09. The first-order valence-electron chi connectivity index (χ1n) is 7.17. The lowest BCUT2D eigenvalue weighted by Gasteiger charge is -2.14. The van der Waals surface area contributed by atoms with Crippen LogP contribution in [-0.4, -0.2) is 23.7 Å². The minimum atomic E-state index is -0.387. The van der Waals surface area contributed by atoms with Crippen LogP contribution in [0.3, 0.4) is 0 Å². The standard InChI is InChI=1S/C17H21NO3/c1-12(2)16(19)6-8-18-17(20)14-5-3-4-13(10-14)15-7-9-21-11-15/h3-5,7,9-12,16,19H,6,8H2,1-2H3,(H,18,20). The van der Waals surface area contributed by atoms with Crippen LogP contribution in [0.4, 0.5) is 0 Å². The van der Waals surface area contributed by atoms with Crippen LogP contribution in [0.5, 0.6) is 0 Å². The van der Waals surface area contributed by atoms with E-state index in [0.29, 0.717) is 18.5 Å². The lowest BCUT2D eigenvalue weighted by Crippen LogP contribution is -2.28. The normalized spacial score (nSPS) is 12.4. The molecule has 4 nitrogen and oxygen atoms in total. The highest BCUT2D eigenvalue weighted by atomic mass is 16.3. The topological polar surface area (TPSA) is 62.5 Å². The van der Waals surface area contributed by atoms with Gasteiger partial charge in [0.2, 0.25) is 0 Å². The van der Waals surface area contributed by atoms with Gasteiger partial charge in [-0.2, -0.15) is 0 Å². The Morgan fingerprint density at radius 2 is 2.10 bits per heavy atom. The Balaban J connectivity index is 1.95. The quantitative estimate of drug-likeness (QED) is 0.858. The third-order valence-corrected chi connectivity index (χ3v) is 3.47. The molecule has 1 heterocycles. The Morgan fingerprint density at radius 1 is 1.29 bits per heavy atom. The molecule has 0 aliphatic carbocycles. The van der Waals surface area contributed by atoms with Crippen molar-refractivity contribution in [2.45, 2.75) is 26.4 Å². The third kappa shape index (κ3) is 4.20. The zero-order chi connectivity index (χ0) is 15.2. The van der Waals surface area contributed by atoms with Crippen molar-refractivity contribution < 1.29 is 14.3 Å². The Kier molecular flexibility index (Phi) is 5.17. The van der Waals surface area contributed by atoms with E-state index in [1.807, 2.05) is 38.1 Å². The molecule has 21 heavy (non-hydrogen) atoms. The molecule has 4 heteroatoms. The summed E-state index contributed by atoms with van der Waals surface area (Å²) >= 11 is 0. The fourth-order valence-electron chi connectivity index (χ4n) is 2.04. The van der Waals surface area contributed by atoms with Crippen molar-refractivity contribution in [1.29, 1.82) is 0 Å². The Morgan fingerprint density at radius 3 is 2.76 bits per heavy atom. The van der Waals surface area contributed by atoms with E-state index in [0.717, 1.165) is 11.1 Å². The molecule has 1 amide bonds. The van der Waals surface area contributed by atoms with E-state index in [2.05, 4.69) is 5.32 Å². The van der Waals surface area contributed by atoms with Crippen molar-refractivity contribution in [3.8, 4) is 11.1 Å². The summed E-state index contributed by atoms with van der Waals surface area (Å²) in [4.78, 5) is 12.1. The molecule has 2 N–H and O–H groups in total. The van der Waals surface area contributed by atoms with Crippen molar-refractivity contribution in [3.05, 3.63) is 48.4 Å². The van der Waals surface area contributed by atoms with Crippen LogP contribution in [0, 0.1) is 5.92 Å². The smallest absolute Gasteiger partial charge is 0.251 e. The Hall–Kier alpha value is -2.07. The average Bonchev–Trinajstić information content (AvgIpc) is 3.01. The van der Waals surface area contributed by atoms with Crippen molar-refractivity contribution in [2.24, 2.45) is 5.92 Å². The van der Waals surface area contributed by atoms with Crippen molar-refractivity contribution in [3.63, 3.8) is 0 Å². The van der Waals surface area contributed by atoms with E-state index in [1.54, 1.807) is 18.6 Å². The number of nitrogens with one attached hydrogen (secondary N) is 1. The molecule has 1 unspecified atom stereocenters. The van der Waals surface area contributed by atoms with Gasteiger partial charge in [0.15, 0.2) is 0 Å². The number of furan rings is 1. The summed E-state index contributed by atoms with van der Waals surface area (Å²) in [5.74, 6) is 0.0719. The molecule has 1 aromatic heterocycles. The molecule has 0 aliphatic rings. The summed E-state index contributed by atoms with van der Waals surface area (Å²) < 4.78 is 5.05. The van der Waals surface area contributed by atoms with Gasteiger partial charge < -0.3 is 14.8 Å². The van der Waals surface area contributed by atoms with Crippen LogP contribution in [-0.2, 0) is 0 Å². The molecule has 0 fully saturated rings. The van der Waals surface area contributed by atoms with Gasteiger partial charge in [-0.05, 0) is 36.1 Å². The molecule has 1 atom stereocenters. The fraction of sp³-hybridized carbons (Fsp3) is 0.353. The van der Waals surface area contributed by atoms with Gasteiger partial charge in [0.1, 0.15) is 0 Å². The van der Waals surface area contributed by atoms with Gasteiger partial charge in [0, 0.05) is 17.7 Å². The predicted molar refractivity (Wildman–Crippen MR) is 81.9 cm³/mol. The van der Waals surface area contributed by atoms with Gasteiger partial charge in [-0.25, -0.2) is 0 Å². The largest absolute Gasteiger partial charge is 0.472 e. The molecule has 0 saturated heterocycles. The van der Waals surface area contributed by atoms with E-state index >= 15 is 0 Å². The van der Waals surface area contributed by atoms with Gasteiger partial charge in [0.25, 0.3) is 5.91 Å². The average molecular weight is 287 g/mol. The highest BCUT2D eigenvalue weighted by Crippen LogP contribution is 2.20. The molecule has 0 bridgehead atoms. The fourth-order valence-corrected chi connectivity index (χ4v) is 2.04. The number of hydrogen-bond donors (Lipinski definition) is 2. The maximum absolute atomic E-state index is 12.1. The van der Waals surface area contributed by atoms with Gasteiger partial charge in [-0.3, -0.25) is 4.79 Å². The van der Waals surface area contributed by atoms with Crippen LogP contribution in [0.15, 0.2) is 47.3 Å². The number of amides is 1. The molecule has 1 aromatic carbocycles. The monoisotopic (exact) mass is 287 g/mol. The van der Waals surface area contributed by atoms with E-state index in [9.17, 15) is 9.90 Å². The highest BCUT2D eigenvalue weighted by molar-refractivity contribution is 5.95. The summed E-state index contributed by atoms with van der Waals surface area (Å²) in [5, 5.41) is 12.6. The number of rotatable bonds is 6. The maximum Gasteiger partial charge on any atom is 0.251 e. The number of aliphatic hydroxyl groups is 1. The first-order chi connectivity index (χ1) is 10.1. The van der Waals surface area contributed by atoms with E-state index in [-0.39, 0.29) is 17.9 Å². The van der Waals surface area contributed by atoms with Gasteiger partial charge in [-0.15, -0.1) is 0 Å². The first kappa shape index (κ1) is 15.3. The maximum atomic E-state index is 12.1. The highest BCUT2D eigenvalue weighted by Gasteiger charge is 2.11. The molecular formula is C17H21NO3. The number of hydrogen-bond acceptors (Lipinski definition) is 3. The van der Waals surface area contributed by atoms with E-state index in [4.69, 9.17) is 4.42 Å². The van der Waals surface area contributed by atoms with Crippen LogP contribution < -0.4 is 5.32 Å². The van der Waals surface area contributed by atoms with Gasteiger partial charge >= 0.3 is 0 Å². The molecule has 0 spiro atoms. The van der Waals surface area contributed by atoms with Crippen molar-refractivity contribution >= 4 is 5.91 Å². The van der Waals surface area contributed by atoms with E-state index < -0.39 is 0 Å². The molecule has 112 valence electrons. The van der Waals surface area contributed by atoms with Crippen LogP contribution in [0.2, 0.25) is 0 Å². The number of aliphatic hydroxyl groups excluding tert-OH is 1. The summed E-state index contributed by atoms with van der Waals surface area (Å²) in [6.07, 6.45) is 3.43. The number of carbonyl (C=O) groups excluding carboxylic acids is 1. The predicted octanol–water partition coefficient (Wildman–Crippen LogP) is 3.08. The first-order valence-corrected chi connectivity index (χ1v) is 7.17. The van der Waals surface area contributed by atoms with Gasteiger partial charge in [0.05, 0.1) is 18.6 Å². The summed E-state index contributed by atoms with van der Waals surface area (Å²) in [6.45, 7) is 4.38. The van der Waals surface area contributed by atoms with Crippen LogP contribution >= 0.6 is 0 Å². The third-order valence-electron chi connectivity index (χ3n) is 3.47. The minimum absolute atomic E-state index is 0.128. The molecule has 0 radical (unpaired) electrons. The minimum Gasteiger partial charge on any atom is -0.472 e. The lowest BCUT2D eigenvalue weighted by atomic mass is 10.0. The molecular weight excluding hydrogens is 266 g/mol. The number of carbonyl (C=O) groups is 1. The zero-order valence-corrected chi connectivity index (χ0v) is 12.4. The number of benzene rings is 1. The van der Waals surface area contributed by atoms with Crippen LogP contribution in [0.1, 0.15) is 30.6 Å². The Bertz CT molecular complexity index is 575. The molecule has 0 aliphatic heterocycles. The van der Waals surface area contributed by atoms with E-state index in [1.165, 1.54) is 0 Å². The summed E-state index contributed by atoms with van der Waals surface area (Å²) in [6, 6.07) is 9.25. The second-order valence-electron chi connectivity index (χ2n) is 5.45. The Labute approximate surface area is 124 Å². The van der Waals surface area contributed by atoms with Crippen molar-refractivity contribution in [2.75, 3.05) is 6.54 Å². The zero-order valence-electron chi connectivity index (χ0n) is 12.4.